The Bertz CT molecular complexity index is 821. The summed E-state index contributed by atoms with van der Waals surface area (Å²) in [6, 6.07) is 10.8. The first-order valence-corrected chi connectivity index (χ1v) is 8.14. The third-order valence-electron chi connectivity index (χ3n) is 4.25. The van der Waals surface area contributed by atoms with Gasteiger partial charge in [-0.05, 0) is 54.3 Å². The number of benzene rings is 2. The molecule has 2 aromatic rings. The van der Waals surface area contributed by atoms with Crippen molar-refractivity contribution < 1.29 is 28.2 Å². The average molecular weight is 361 g/mol. The Morgan fingerprint density at radius 3 is 2.54 bits per heavy atom. The number of alkyl halides is 2. The molecule has 7 heteroatoms. The summed E-state index contributed by atoms with van der Waals surface area (Å²) in [6.07, 6.45) is 1.55. The van der Waals surface area contributed by atoms with Crippen molar-refractivity contribution in [2.75, 3.05) is 11.4 Å². The number of amides is 1. The molecule has 0 spiro atoms. The molecule has 1 heterocycles. The van der Waals surface area contributed by atoms with Crippen molar-refractivity contribution in [1.29, 1.82) is 0 Å². The lowest BCUT2D eigenvalue weighted by Gasteiger charge is -2.30. The molecule has 1 N–H and O–H groups in total. The Hall–Kier alpha value is -2.96. The number of nitrogens with zero attached hydrogens (tertiary/aromatic N) is 1. The Balaban J connectivity index is 1.76. The summed E-state index contributed by atoms with van der Waals surface area (Å²) in [4.78, 5) is 25.2. The minimum absolute atomic E-state index is 0.0808. The van der Waals surface area contributed by atoms with Gasteiger partial charge >= 0.3 is 12.6 Å². The van der Waals surface area contributed by atoms with Crippen molar-refractivity contribution in [2.24, 2.45) is 0 Å². The van der Waals surface area contributed by atoms with Gasteiger partial charge in [-0.2, -0.15) is 8.78 Å². The van der Waals surface area contributed by atoms with E-state index < -0.39 is 12.6 Å². The molecule has 1 aliphatic rings. The number of halogens is 2. The van der Waals surface area contributed by atoms with Crippen molar-refractivity contribution in [3.05, 3.63) is 59.2 Å². The summed E-state index contributed by atoms with van der Waals surface area (Å²) < 4.78 is 29.1. The van der Waals surface area contributed by atoms with Gasteiger partial charge < -0.3 is 14.7 Å². The summed E-state index contributed by atoms with van der Waals surface area (Å²) in [6.45, 7) is -2.34. The summed E-state index contributed by atoms with van der Waals surface area (Å²) in [7, 11) is 0. The van der Waals surface area contributed by atoms with Gasteiger partial charge in [0.15, 0.2) is 0 Å². The van der Waals surface area contributed by atoms with Crippen LogP contribution in [0.15, 0.2) is 42.5 Å². The number of hydrogen-bond acceptors (Lipinski definition) is 3. The first kappa shape index (κ1) is 17.8. The highest BCUT2D eigenvalue weighted by Crippen LogP contribution is 2.31. The van der Waals surface area contributed by atoms with Crippen LogP contribution >= 0.6 is 0 Å². The van der Waals surface area contributed by atoms with E-state index >= 15 is 0 Å². The minimum atomic E-state index is -2.89. The van der Waals surface area contributed by atoms with E-state index in [4.69, 9.17) is 5.11 Å². The van der Waals surface area contributed by atoms with Crippen LogP contribution in [0.2, 0.25) is 0 Å². The van der Waals surface area contributed by atoms with Crippen LogP contribution < -0.4 is 9.64 Å². The van der Waals surface area contributed by atoms with E-state index in [9.17, 15) is 18.4 Å². The van der Waals surface area contributed by atoms with Crippen LogP contribution in [0.25, 0.3) is 0 Å². The summed E-state index contributed by atoms with van der Waals surface area (Å²) >= 11 is 0. The predicted molar refractivity (Wildman–Crippen MR) is 90.9 cm³/mol. The van der Waals surface area contributed by atoms with E-state index in [2.05, 4.69) is 4.74 Å². The zero-order chi connectivity index (χ0) is 18.7. The molecule has 26 heavy (non-hydrogen) atoms. The molecule has 1 aliphatic heterocycles. The molecule has 0 atom stereocenters. The van der Waals surface area contributed by atoms with Crippen molar-refractivity contribution in [1.82, 2.24) is 0 Å². The lowest BCUT2D eigenvalue weighted by molar-refractivity contribution is -0.118. The number of aromatic carboxylic acids is 1. The number of carboxylic acids is 1. The van der Waals surface area contributed by atoms with Gasteiger partial charge in [-0.15, -0.1) is 0 Å². The fourth-order valence-electron chi connectivity index (χ4n) is 3.04. The highest BCUT2D eigenvalue weighted by atomic mass is 19.3. The third-order valence-corrected chi connectivity index (χ3v) is 4.25. The van der Waals surface area contributed by atoms with Crippen molar-refractivity contribution >= 4 is 17.6 Å². The third kappa shape index (κ3) is 3.99. The molecule has 1 amide bonds. The van der Waals surface area contributed by atoms with E-state index in [0.29, 0.717) is 24.2 Å². The lowest BCUT2D eigenvalue weighted by Crippen LogP contribution is -2.36. The Labute approximate surface area is 148 Å². The molecular weight excluding hydrogens is 344 g/mol. The molecule has 0 aliphatic carbocycles. The van der Waals surface area contributed by atoms with Gasteiger partial charge in [0.1, 0.15) is 5.75 Å². The molecule has 2 aromatic carbocycles. The quantitative estimate of drug-likeness (QED) is 0.885. The molecule has 0 bridgehead atoms. The first-order chi connectivity index (χ1) is 12.4. The van der Waals surface area contributed by atoms with Crippen LogP contribution in [0.3, 0.4) is 0 Å². The molecule has 5 nitrogen and oxygen atoms in total. The van der Waals surface area contributed by atoms with Crippen LogP contribution in [0.5, 0.6) is 5.75 Å². The Morgan fingerprint density at radius 2 is 1.88 bits per heavy atom. The standard InChI is InChI=1S/C19H17F2NO4/c20-19(21)26-15-7-8-16-14(11-15)2-1-9-22(16)17(23)10-12-3-5-13(6-4-12)18(24)25/h3-8,11,19H,1-2,9-10H2,(H,24,25). The Kier molecular flexibility index (Phi) is 5.16. The molecule has 3 rings (SSSR count). The van der Waals surface area contributed by atoms with E-state index in [1.165, 1.54) is 18.2 Å². The largest absolute Gasteiger partial charge is 0.478 e. The number of carboxylic acid groups (broad SMARTS) is 1. The molecule has 0 saturated heterocycles. The maximum absolute atomic E-state index is 12.7. The molecule has 0 fully saturated rings. The highest BCUT2D eigenvalue weighted by Gasteiger charge is 2.23. The maximum Gasteiger partial charge on any atom is 0.387 e. The summed E-state index contributed by atoms with van der Waals surface area (Å²) in [5.41, 5.74) is 2.37. The number of anilines is 1. The van der Waals surface area contributed by atoms with Gasteiger partial charge in [0.2, 0.25) is 5.91 Å². The van der Waals surface area contributed by atoms with Crippen LogP contribution in [-0.4, -0.2) is 30.1 Å². The van der Waals surface area contributed by atoms with E-state index in [0.717, 1.165) is 12.0 Å². The number of carbonyl (C=O) groups excluding carboxylic acids is 1. The number of carbonyl (C=O) groups is 2. The number of hydrogen-bond donors (Lipinski definition) is 1. The molecular formula is C19H17F2NO4. The molecule has 0 radical (unpaired) electrons. The van der Waals surface area contributed by atoms with Gasteiger partial charge in [0.05, 0.1) is 12.0 Å². The van der Waals surface area contributed by atoms with Crippen LogP contribution in [0.4, 0.5) is 14.5 Å². The summed E-state index contributed by atoms with van der Waals surface area (Å²) in [5.74, 6) is -1.07. The second-order valence-electron chi connectivity index (χ2n) is 6.00. The van der Waals surface area contributed by atoms with Gasteiger partial charge in [0.25, 0.3) is 0 Å². The van der Waals surface area contributed by atoms with Gasteiger partial charge in [-0.3, -0.25) is 4.79 Å². The van der Waals surface area contributed by atoms with E-state index in [-0.39, 0.29) is 23.6 Å². The van der Waals surface area contributed by atoms with Crippen LogP contribution in [0, 0.1) is 0 Å². The number of ether oxygens (including phenoxy) is 1. The average Bonchev–Trinajstić information content (AvgIpc) is 2.61. The minimum Gasteiger partial charge on any atom is -0.478 e. The number of aryl methyl sites for hydroxylation is 1. The van der Waals surface area contributed by atoms with Gasteiger partial charge in [0, 0.05) is 12.2 Å². The van der Waals surface area contributed by atoms with Crippen LogP contribution in [0.1, 0.15) is 27.9 Å². The van der Waals surface area contributed by atoms with E-state index in [1.807, 2.05) is 0 Å². The monoisotopic (exact) mass is 361 g/mol. The maximum atomic E-state index is 12.7. The smallest absolute Gasteiger partial charge is 0.387 e. The number of fused-ring (bicyclic) bond motifs is 1. The molecule has 0 aromatic heterocycles. The lowest BCUT2D eigenvalue weighted by atomic mass is 10.00. The second-order valence-corrected chi connectivity index (χ2v) is 6.00. The SMILES string of the molecule is O=C(O)c1ccc(CC(=O)N2CCCc3cc(OC(F)F)ccc32)cc1. The normalized spacial score (nSPS) is 13.4. The molecule has 136 valence electrons. The fraction of sp³-hybridized carbons (Fsp3) is 0.263. The predicted octanol–water partition coefficient (Wildman–Crippen LogP) is 3.51. The van der Waals surface area contributed by atoms with Crippen molar-refractivity contribution in [3.8, 4) is 5.75 Å². The van der Waals surface area contributed by atoms with Crippen molar-refractivity contribution in [3.63, 3.8) is 0 Å². The van der Waals surface area contributed by atoms with Gasteiger partial charge in [-0.25, -0.2) is 4.79 Å². The number of rotatable bonds is 5. The first-order valence-electron chi connectivity index (χ1n) is 8.14. The van der Waals surface area contributed by atoms with E-state index in [1.54, 1.807) is 29.2 Å². The highest BCUT2D eigenvalue weighted by molar-refractivity contribution is 5.96. The fourth-order valence-corrected chi connectivity index (χ4v) is 3.04. The zero-order valence-corrected chi connectivity index (χ0v) is 13.8. The van der Waals surface area contributed by atoms with Gasteiger partial charge in [-0.1, -0.05) is 12.1 Å². The second kappa shape index (κ2) is 7.51. The topological polar surface area (TPSA) is 66.8 Å². The van der Waals surface area contributed by atoms with Crippen LogP contribution in [-0.2, 0) is 17.6 Å². The Morgan fingerprint density at radius 1 is 1.15 bits per heavy atom. The van der Waals surface area contributed by atoms with Crippen molar-refractivity contribution in [2.45, 2.75) is 25.9 Å². The molecule has 0 unspecified atom stereocenters. The molecule has 0 saturated carbocycles. The summed E-state index contributed by atoms with van der Waals surface area (Å²) in [5, 5.41) is 8.92. The zero-order valence-electron chi connectivity index (χ0n) is 13.8.